The molecule has 1 heterocycles. The van der Waals surface area contributed by atoms with Crippen molar-refractivity contribution in [1.82, 2.24) is 9.55 Å². The van der Waals surface area contributed by atoms with Crippen molar-refractivity contribution in [3.63, 3.8) is 0 Å². The Kier molecular flexibility index (Phi) is 3.33. The minimum Gasteiger partial charge on any atom is -0.497 e. The molecule has 1 saturated carbocycles. The third-order valence-corrected chi connectivity index (χ3v) is 5.30. The SMILES string of the molecule is COc1ccc([C@@H]2[C@@H](C(=O)c3nccn3C)[C@H]3C=C[C@@H]2C3)cc1. The molecule has 0 radical (unpaired) electrons. The first kappa shape index (κ1) is 14.2. The van der Waals surface area contributed by atoms with Crippen LogP contribution in [0.1, 0.15) is 28.5 Å². The van der Waals surface area contributed by atoms with Gasteiger partial charge in [0.1, 0.15) is 5.75 Å². The van der Waals surface area contributed by atoms with Crippen molar-refractivity contribution in [2.24, 2.45) is 24.8 Å². The molecule has 0 spiro atoms. The van der Waals surface area contributed by atoms with E-state index in [0.29, 0.717) is 17.7 Å². The van der Waals surface area contributed by atoms with Gasteiger partial charge in [0.2, 0.25) is 5.78 Å². The lowest BCUT2D eigenvalue weighted by atomic mass is 9.76. The van der Waals surface area contributed by atoms with E-state index in [0.717, 1.165) is 12.2 Å². The van der Waals surface area contributed by atoms with Crippen LogP contribution in [0.15, 0.2) is 48.8 Å². The van der Waals surface area contributed by atoms with Gasteiger partial charge in [-0.1, -0.05) is 24.3 Å². The second-order valence-electron chi connectivity index (χ2n) is 6.50. The predicted molar refractivity (Wildman–Crippen MR) is 87.5 cm³/mol. The first-order valence-corrected chi connectivity index (χ1v) is 8.03. The summed E-state index contributed by atoms with van der Waals surface area (Å²) in [5, 5.41) is 0. The van der Waals surface area contributed by atoms with Crippen LogP contribution in [0.3, 0.4) is 0 Å². The number of aryl methyl sites for hydroxylation is 1. The molecule has 4 rings (SSSR count). The molecule has 0 N–H and O–H groups in total. The molecule has 0 saturated heterocycles. The fourth-order valence-corrected chi connectivity index (χ4v) is 4.21. The normalized spacial score (nSPS) is 28.3. The number of ketones is 1. The van der Waals surface area contributed by atoms with Gasteiger partial charge in [0.15, 0.2) is 5.82 Å². The van der Waals surface area contributed by atoms with Gasteiger partial charge in [-0.25, -0.2) is 4.98 Å². The minimum absolute atomic E-state index is 0.0144. The maximum atomic E-state index is 13.1. The van der Waals surface area contributed by atoms with Crippen LogP contribution < -0.4 is 4.74 Å². The summed E-state index contributed by atoms with van der Waals surface area (Å²) in [6.07, 6.45) is 9.09. The number of carbonyl (C=O) groups is 1. The molecule has 4 nitrogen and oxygen atoms in total. The number of fused-ring (bicyclic) bond motifs is 2. The molecule has 2 aliphatic rings. The van der Waals surface area contributed by atoms with Gasteiger partial charge in [0.25, 0.3) is 0 Å². The number of carbonyl (C=O) groups excluding carboxylic acids is 1. The van der Waals surface area contributed by atoms with E-state index in [4.69, 9.17) is 4.74 Å². The van der Waals surface area contributed by atoms with Gasteiger partial charge >= 0.3 is 0 Å². The number of ether oxygens (including phenoxy) is 1. The van der Waals surface area contributed by atoms with Crippen molar-refractivity contribution in [2.75, 3.05) is 7.11 Å². The minimum atomic E-state index is -0.0144. The highest BCUT2D eigenvalue weighted by Crippen LogP contribution is 2.53. The molecule has 23 heavy (non-hydrogen) atoms. The quantitative estimate of drug-likeness (QED) is 0.643. The van der Waals surface area contributed by atoms with Crippen LogP contribution in [-0.2, 0) is 7.05 Å². The first-order chi connectivity index (χ1) is 11.2. The average Bonchev–Trinajstić information content (AvgIpc) is 3.29. The summed E-state index contributed by atoms with van der Waals surface area (Å²) >= 11 is 0. The van der Waals surface area contributed by atoms with E-state index in [9.17, 15) is 4.79 Å². The molecule has 118 valence electrons. The molecule has 4 atom stereocenters. The third kappa shape index (κ3) is 2.21. The molecule has 4 heteroatoms. The van der Waals surface area contributed by atoms with Gasteiger partial charge in [-0.15, -0.1) is 0 Å². The molecule has 2 aromatic rings. The molecule has 0 unspecified atom stereocenters. The van der Waals surface area contributed by atoms with Gasteiger partial charge in [-0.05, 0) is 36.0 Å². The summed E-state index contributed by atoms with van der Waals surface area (Å²) in [5.74, 6) is 2.57. The number of benzene rings is 1. The predicted octanol–water partition coefficient (Wildman–Crippen LogP) is 3.22. The summed E-state index contributed by atoms with van der Waals surface area (Å²) in [6, 6.07) is 8.15. The summed E-state index contributed by atoms with van der Waals surface area (Å²) in [6.45, 7) is 0. The van der Waals surface area contributed by atoms with E-state index < -0.39 is 0 Å². The van der Waals surface area contributed by atoms with Crippen LogP contribution in [0.2, 0.25) is 0 Å². The van der Waals surface area contributed by atoms with Gasteiger partial charge in [-0.2, -0.15) is 0 Å². The van der Waals surface area contributed by atoms with Crippen LogP contribution in [0.25, 0.3) is 0 Å². The number of Topliss-reactive ketones (excluding diaryl/α,β-unsaturated/α-hetero) is 1. The van der Waals surface area contributed by atoms with Crippen molar-refractivity contribution >= 4 is 5.78 Å². The van der Waals surface area contributed by atoms with Crippen molar-refractivity contribution in [2.45, 2.75) is 12.3 Å². The summed E-state index contributed by atoms with van der Waals surface area (Å²) in [7, 11) is 3.55. The van der Waals surface area contributed by atoms with Crippen molar-refractivity contribution in [3.05, 3.63) is 60.2 Å². The second-order valence-corrected chi connectivity index (χ2v) is 6.50. The standard InChI is InChI=1S/C19H20N2O2/c1-21-10-9-20-19(21)18(22)17-14-4-3-13(11-14)16(17)12-5-7-15(23-2)8-6-12/h3-10,13-14,16-17H,11H2,1-2H3/t13-,14+,16+,17+/m1/s1. The Bertz CT molecular complexity index is 760. The molecule has 1 fully saturated rings. The van der Waals surface area contributed by atoms with Crippen LogP contribution in [0, 0.1) is 17.8 Å². The lowest BCUT2D eigenvalue weighted by Gasteiger charge is -2.27. The highest BCUT2D eigenvalue weighted by atomic mass is 16.5. The lowest BCUT2D eigenvalue weighted by Crippen LogP contribution is -2.28. The largest absolute Gasteiger partial charge is 0.497 e. The van der Waals surface area contributed by atoms with Gasteiger partial charge in [-0.3, -0.25) is 4.79 Å². The first-order valence-electron chi connectivity index (χ1n) is 8.03. The van der Waals surface area contributed by atoms with E-state index >= 15 is 0 Å². The second kappa shape index (κ2) is 5.37. The number of aromatic nitrogens is 2. The van der Waals surface area contributed by atoms with Gasteiger partial charge in [0, 0.05) is 31.3 Å². The van der Waals surface area contributed by atoms with E-state index in [1.807, 2.05) is 29.9 Å². The van der Waals surface area contributed by atoms with Crippen LogP contribution >= 0.6 is 0 Å². The number of hydrogen-bond acceptors (Lipinski definition) is 3. The Morgan fingerprint density at radius 1 is 1.22 bits per heavy atom. The van der Waals surface area contributed by atoms with Crippen molar-refractivity contribution in [1.29, 1.82) is 0 Å². The fourth-order valence-electron chi connectivity index (χ4n) is 4.21. The molecular formula is C19H20N2O2. The molecule has 2 aliphatic carbocycles. The molecule has 2 bridgehead atoms. The van der Waals surface area contributed by atoms with E-state index in [1.165, 1.54) is 5.56 Å². The Balaban J connectivity index is 1.71. The number of allylic oxidation sites excluding steroid dienone is 2. The molecule has 0 aliphatic heterocycles. The summed E-state index contributed by atoms with van der Waals surface area (Å²) in [4.78, 5) is 17.4. The monoisotopic (exact) mass is 308 g/mol. The van der Waals surface area contributed by atoms with E-state index in [-0.39, 0.29) is 17.6 Å². The number of methoxy groups -OCH3 is 1. The Morgan fingerprint density at radius 2 is 1.96 bits per heavy atom. The van der Waals surface area contributed by atoms with Gasteiger partial charge < -0.3 is 9.30 Å². The Hall–Kier alpha value is -2.36. The maximum absolute atomic E-state index is 13.1. The maximum Gasteiger partial charge on any atom is 0.202 e. The zero-order valence-electron chi connectivity index (χ0n) is 13.3. The summed E-state index contributed by atoms with van der Waals surface area (Å²) < 4.78 is 7.07. The van der Waals surface area contributed by atoms with Crippen molar-refractivity contribution < 1.29 is 9.53 Å². The van der Waals surface area contributed by atoms with Gasteiger partial charge in [0.05, 0.1) is 7.11 Å². The average molecular weight is 308 g/mol. The van der Waals surface area contributed by atoms with E-state index in [1.54, 1.807) is 13.3 Å². The Labute approximate surface area is 135 Å². The fraction of sp³-hybridized carbons (Fsp3) is 0.368. The Morgan fingerprint density at radius 3 is 2.61 bits per heavy atom. The molecular weight excluding hydrogens is 288 g/mol. The summed E-state index contributed by atoms with van der Waals surface area (Å²) in [5.41, 5.74) is 1.22. The zero-order chi connectivity index (χ0) is 16.0. The molecule has 1 aromatic heterocycles. The number of rotatable bonds is 4. The zero-order valence-corrected chi connectivity index (χ0v) is 13.3. The van der Waals surface area contributed by atoms with E-state index in [2.05, 4.69) is 29.3 Å². The van der Waals surface area contributed by atoms with Crippen LogP contribution in [0.5, 0.6) is 5.75 Å². The van der Waals surface area contributed by atoms with Crippen LogP contribution in [0.4, 0.5) is 0 Å². The lowest BCUT2D eigenvalue weighted by molar-refractivity contribution is 0.0872. The van der Waals surface area contributed by atoms with Crippen LogP contribution in [-0.4, -0.2) is 22.4 Å². The smallest absolute Gasteiger partial charge is 0.202 e. The number of hydrogen-bond donors (Lipinski definition) is 0. The molecule has 1 aromatic carbocycles. The van der Waals surface area contributed by atoms with Crippen molar-refractivity contribution in [3.8, 4) is 5.75 Å². The topological polar surface area (TPSA) is 44.1 Å². The number of nitrogens with zero attached hydrogens (tertiary/aromatic N) is 2. The highest BCUT2D eigenvalue weighted by Gasteiger charge is 2.49. The molecule has 0 amide bonds. The third-order valence-electron chi connectivity index (χ3n) is 5.30. The number of imidazole rings is 1. The highest BCUT2D eigenvalue weighted by molar-refractivity contribution is 5.96.